The van der Waals surface area contributed by atoms with Gasteiger partial charge in [-0.25, -0.2) is 0 Å². The summed E-state index contributed by atoms with van der Waals surface area (Å²) in [5, 5.41) is 0. The minimum Gasteiger partial charge on any atom is -0.494 e. The molecule has 0 aromatic heterocycles. The summed E-state index contributed by atoms with van der Waals surface area (Å²) >= 11 is 0. The van der Waals surface area contributed by atoms with Gasteiger partial charge in [0.2, 0.25) is 0 Å². The van der Waals surface area contributed by atoms with Crippen molar-refractivity contribution in [2.45, 2.75) is 46.1 Å². The average molecular weight is 323 g/mol. The maximum absolute atomic E-state index is 11.5. The van der Waals surface area contributed by atoms with Gasteiger partial charge in [0.05, 0.1) is 20.3 Å². The highest BCUT2D eigenvalue weighted by Gasteiger charge is 2.24. The number of carbonyl (C=O) groups is 1. The number of benzene rings is 1. The molecular formula is C18H29NO4. The molecule has 0 bridgehead atoms. The first-order valence-electron chi connectivity index (χ1n) is 8.17. The quantitative estimate of drug-likeness (QED) is 0.707. The zero-order valence-corrected chi connectivity index (χ0v) is 14.8. The van der Waals surface area contributed by atoms with Crippen LogP contribution in [0.5, 0.6) is 11.5 Å². The monoisotopic (exact) mass is 323 g/mol. The van der Waals surface area contributed by atoms with Crippen LogP contribution in [-0.2, 0) is 9.53 Å². The van der Waals surface area contributed by atoms with Gasteiger partial charge in [-0.15, -0.1) is 0 Å². The molecular weight excluding hydrogens is 294 g/mol. The van der Waals surface area contributed by atoms with Crippen molar-refractivity contribution >= 4 is 5.97 Å². The molecule has 0 aliphatic heterocycles. The predicted octanol–water partition coefficient (Wildman–Crippen LogP) is 3.11. The van der Waals surface area contributed by atoms with Gasteiger partial charge in [0, 0.05) is 6.07 Å². The molecule has 23 heavy (non-hydrogen) atoms. The van der Waals surface area contributed by atoms with E-state index in [1.165, 1.54) is 7.11 Å². The molecule has 1 aromatic carbocycles. The van der Waals surface area contributed by atoms with E-state index in [0.717, 1.165) is 17.1 Å². The van der Waals surface area contributed by atoms with Crippen LogP contribution in [0.25, 0.3) is 0 Å². The zero-order chi connectivity index (χ0) is 17.4. The number of hydrogen-bond acceptors (Lipinski definition) is 5. The van der Waals surface area contributed by atoms with Crippen molar-refractivity contribution in [3.05, 3.63) is 23.8 Å². The average Bonchev–Trinajstić information content (AvgIpc) is 2.54. The molecule has 1 aromatic rings. The molecule has 0 radical (unpaired) electrons. The third-order valence-electron chi connectivity index (χ3n) is 4.07. The minimum absolute atomic E-state index is 0.197. The highest BCUT2D eigenvalue weighted by Crippen LogP contribution is 2.36. The van der Waals surface area contributed by atoms with Gasteiger partial charge in [-0.2, -0.15) is 0 Å². The van der Waals surface area contributed by atoms with Crippen LogP contribution in [0, 0.1) is 5.92 Å². The second-order valence-electron chi connectivity index (χ2n) is 5.70. The van der Waals surface area contributed by atoms with Crippen LogP contribution in [0.4, 0.5) is 0 Å². The summed E-state index contributed by atoms with van der Waals surface area (Å²) in [6.07, 6.45) is 0.562. The molecule has 3 unspecified atom stereocenters. The number of ether oxygens (including phenoxy) is 3. The Balaban J connectivity index is 2.92. The number of nitrogens with two attached hydrogens (primary N) is 1. The fourth-order valence-corrected chi connectivity index (χ4v) is 2.59. The van der Waals surface area contributed by atoms with E-state index in [9.17, 15) is 4.79 Å². The molecule has 0 aliphatic rings. The van der Waals surface area contributed by atoms with E-state index in [0.29, 0.717) is 19.6 Å². The van der Waals surface area contributed by atoms with E-state index < -0.39 is 6.04 Å². The molecule has 5 nitrogen and oxygen atoms in total. The molecule has 0 saturated carbocycles. The molecule has 0 saturated heterocycles. The summed E-state index contributed by atoms with van der Waals surface area (Å²) < 4.78 is 16.0. The Morgan fingerprint density at radius 2 is 1.83 bits per heavy atom. The molecule has 1 rings (SSSR count). The number of hydrogen-bond donors (Lipinski definition) is 1. The van der Waals surface area contributed by atoms with Crippen molar-refractivity contribution in [1.82, 2.24) is 0 Å². The van der Waals surface area contributed by atoms with Crippen LogP contribution in [0.1, 0.15) is 45.6 Å². The Morgan fingerprint density at radius 1 is 1.17 bits per heavy atom. The third kappa shape index (κ3) is 5.43. The summed E-state index contributed by atoms with van der Waals surface area (Å²) in [6, 6.07) is 5.30. The van der Waals surface area contributed by atoms with E-state index in [-0.39, 0.29) is 17.8 Å². The Labute approximate surface area is 139 Å². The SMILES string of the molecule is CCOc1ccc(C(C)C(C)CC(N)C(=O)OC)c(OCC)c1. The number of methoxy groups -OCH3 is 1. The lowest BCUT2D eigenvalue weighted by molar-refractivity contribution is -0.142. The lowest BCUT2D eigenvalue weighted by Crippen LogP contribution is -2.34. The van der Waals surface area contributed by atoms with Gasteiger partial charge < -0.3 is 19.9 Å². The second kappa shape index (κ2) is 9.40. The largest absolute Gasteiger partial charge is 0.494 e. The summed E-state index contributed by atoms with van der Waals surface area (Å²) in [7, 11) is 1.36. The van der Waals surface area contributed by atoms with E-state index >= 15 is 0 Å². The van der Waals surface area contributed by atoms with E-state index in [1.54, 1.807) is 0 Å². The summed E-state index contributed by atoms with van der Waals surface area (Å²) in [5.74, 6) is 1.65. The summed E-state index contributed by atoms with van der Waals surface area (Å²) in [6.45, 7) is 9.31. The smallest absolute Gasteiger partial charge is 0.322 e. The van der Waals surface area contributed by atoms with Crippen LogP contribution in [0.2, 0.25) is 0 Å². The van der Waals surface area contributed by atoms with Crippen molar-refractivity contribution in [3.8, 4) is 11.5 Å². The molecule has 0 amide bonds. The first-order chi connectivity index (χ1) is 10.9. The van der Waals surface area contributed by atoms with Gasteiger partial charge in [0.15, 0.2) is 0 Å². The van der Waals surface area contributed by atoms with Crippen LogP contribution < -0.4 is 15.2 Å². The third-order valence-corrected chi connectivity index (χ3v) is 4.07. The Bertz CT molecular complexity index is 504. The molecule has 0 fully saturated rings. The van der Waals surface area contributed by atoms with E-state index in [4.69, 9.17) is 19.9 Å². The lowest BCUT2D eigenvalue weighted by atomic mass is 9.84. The molecule has 3 atom stereocenters. The van der Waals surface area contributed by atoms with Crippen molar-refractivity contribution in [2.24, 2.45) is 11.7 Å². The topological polar surface area (TPSA) is 70.8 Å². The van der Waals surface area contributed by atoms with Crippen molar-refractivity contribution in [3.63, 3.8) is 0 Å². The first-order valence-corrected chi connectivity index (χ1v) is 8.17. The van der Waals surface area contributed by atoms with Gasteiger partial charge in [0.25, 0.3) is 0 Å². The highest BCUT2D eigenvalue weighted by atomic mass is 16.5. The molecule has 130 valence electrons. The molecule has 2 N–H and O–H groups in total. The maximum Gasteiger partial charge on any atom is 0.322 e. The zero-order valence-electron chi connectivity index (χ0n) is 14.8. The summed E-state index contributed by atoms with van der Waals surface area (Å²) in [4.78, 5) is 11.5. The van der Waals surface area contributed by atoms with Crippen LogP contribution in [-0.4, -0.2) is 32.3 Å². The second-order valence-corrected chi connectivity index (χ2v) is 5.70. The van der Waals surface area contributed by atoms with Crippen LogP contribution in [0.15, 0.2) is 18.2 Å². The lowest BCUT2D eigenvalue weighted by Gasteiger charge is -2.24. The van der Waals surface area contributed by atoms with Crippen LogP contribution in [0.3, 0.4) is 0 Å². The fourth-order valence-electron chi connectivity index (χ4n) is 2.59. The number of rotatable bonds is 9. The van der Waals surface area contributed by atoms with Gasteiger partial charge >= 0.3 is 5.97 Å². The molecule has 5 heteroatoms. The minimum atomic E-state index is -0.601. The van der Waals surface area contributed by atoms with Crippen molar-refractivity contribution in [1.29, 1.82) is 0 Å². The van der Waals surface area contributed by atoms with E-state index in [2.05, 4.69) is 13.8 Å². The van der Waals surface area contributed by atoms with Gasteiger partial charge in [-0.1, -0.05) is 19.9 Å². The highest BCUT2D eigenvalue weighted by molar-refractivity contribution is 5.75. The number of carbonyl (C=O) groups excluding carboxylic acids is 1. The Morgan fingerprint density at radius 3 is 2.39 bits per heavy atom. The van der Waals surface area contributed by atoms with Crippen molar-refractivity contribution in [2.75, 3.05) is 20.3 Å². The molecule has 0 spiro atoms. The first kappa shape index (κ1) is 19.3. The maximum atomic E-state index is 11.5. The van der Waals surface area contributed by atoms with Gasteiger partial charge in [0.1, 0.15) is 17.5 Å². The molecule has 0 heterocycles. The number of esters is 1. The van der Waals surface area contributed by atoms with E-state index in [1.807, 2.05) is 32.0 Å². The standard InChI is InChI=1S/C18H29NO4/c1-6-22-14-8-9-15(17(11-14)23-7-2)13(4)12(3)10-16(19)18(20)21-5/h8-9,11-13,16H,6-7,10,19H2,1-5H3. The van der Waals surface area contributed by atoms with Gasteiger partial charge in [-0.3, -0.25) is 4.79 Å². The Kier molecular flexibility index (Phi) is 7.89. The predicted molar refractivity (Wildman–Crippen MR) is 91.0 cm³/mol. The van der Waals surface area contributed by atoms with Gasteiger partial charge in [-0.05, 0) is 43.7 Å². The fraction of sp³-hybridized carbons (Fsp3) is 0.611. The summed E-state index contributed by atoms with van der Waals surface area (Å²) in [5.41, 5.74) is 6.98. The molecule has 0 aliphatic carbocycles. The van der Waals surface area contributed by atoms with Crippen molar-refractivity contribution < 1.29 is 19.0 Å². The van der Waals surface area contributed by atoms with Crippen LogP contribution >= 0.6 is 0 Å². The Hall–Kier alpha value is -1.75. The normalized spacial score (nSPS) is 14.7.